The maximum Gasteiger partial charge on any atom is 0.225 e. The van der Waals surface area contributed by atoms with Crippen LogP contribution in [0.1, 0.15) is 6.42 Å². The number of nitrogens with zero attached hydrogens (tertiary/aromatic N) is 4. The van der Waals surface area contributed by atoms with E-state index in [0.717, 1.165) is 34.2 Å². The SMILES string of the molecule is N#CCS(=O)(=O)NC1CCN(c2ccnc3cnc4[nH]ccc4c23)C1. The van der Waals surface area contributed by atoms with Gasteiger partial charge in [-0.3, -0.25) is 4.98 Å². The highest BCUT2D eigenvalue weighted by molar-refractivity contribution is 7.89. The van der Waals surface area contributed by atoms with Crippen LogP contribution in [0.4, 0.5) is 5.69 Å². The van der Waals surface area contributed by atoms with Crippen molar-refractivity contribution >= 4 is 37.6 Å². The molecule has 4 heterocycles. The lowest BCUT2D eigenvalue weighted by molar-refractivity contribution is 0.565. The van der Waals surface area contributed by atoms with E-state index in [1.165, 1.54) is 0 Å². The highest BCUT2D eigenvalue weighted by atomic mass is 32.2. The minimum atomic E-state index is -3.55. The van der Waals surface area contributed by atoms with Gasteiger partial charge in [0, 0.05) is 48.0 Å². The van der Waals surface area contributed by atoms with Crippen LogP contribution in [0.5, 0.6) is 0 Å². The molecule has 1 fully saturated rings. The number of anilines is 1. The molecule has 1 unspecified atom stereocenters. The predicted molar refractivity (Wildman–Crippen MR) is 94.5 cm³/mol. The number of aromatic amines is 1. The second-order valence-corrected chi connectivity index (χ2v) is 7.81. The molecule has 3 aromatic heterocycles. The van der Waals surface area contributed by atoms with Crippen LogP contribution in [0.25, 0.3) is 21.9 Å². The highest BCUT2D eigenvalue weighted by Crippen LogP contribution is 2.32. The van der Waals surface area contributed by atoms with Gasteiger partial charge in [-0.15, -0.1) is 0 Å². The van der Waals surface area contributed by atoms with Crippen LogP contribution in [0.3, 0.4) is 0 Å². The van der Waals surface area contributed by atoms with Crippen LogP contribution in [0, 0.1) is 11.3 Å². The first-order chi connectivity index (χ1) is 12.1. The van der Waals surface area contributed by atoms with E-state index in [0.29, 0.717) is 13.0 Å². The van der Waals surface area contributed by atoms with Crippen molar-refractivity contribution in [1.29, 1.82) is 5.26 Å². The molecule has 0 radical (unpaired) electrons. The molecule has 0 bridgehead atoms. The van der Waals surface area contributed by atoms with Gasteiger partial charge in [0.05, 0.1) is 17.8 Å². The Hall–Kier alpha value is -2.70. The van der Waals surface area contributed by atoms with E-state index in [2.05, 4.69) is 24.6 Å². The van der Waals surface area contributed by atoms with E-state index >= 15 is 0 Å². The lowest BCUT2D eigenvalue weighted by atomic mass is 10.1. The Bertz CT molecular complexity index is 1080. The van der Waals surface area contributed by atoms with Crippen molar-refractivity contribution in [1.82, 2.24) is 19.7 Å². The molecule has 1 aliphatic heterocycles. The van der Waals surface area contributed by atoms with E-state index in [1.54, 1.807) is 18.5 Å². The second kappa shape index (κ2) is 5.98. The number of nitriles is 1. The van der Waals surface area contributed by atoms with Crippen LogP contribution < -0.4 is 9.62 Å². The van der Waals surface area contributed by atoms with Gasteiger partial charge in [0.1, 0.15) is 5.65 Å². The molecular weight excluding hydrogens is 340 g/mol. The Balaban J connectivity index is 1.67. The Labute approximate surface area is 144 Å². The number of hydrogen-bond acceptors (Lipinski definition) is 6. The maximum atomic E-state index is 11.8. The first-order valence-electron chi connectivity index (χ1n) is 7.90. The number of fused-ring (bicyclic) bond motifs is 3. The number of rotatable bonds is 4. The van der Waals surface area contributed by atoms with Crippen LogP contribution in [0.15, 0.2) is 30.7 Å². The molecule has 128 valence electrons. The average Bonchev–Trinajstić information content (AvgIpc) is 3.22. The molecular formula is C16H16N6O2S. The van der Waals surface area contributed by atoms with Crippen LogP contribution in [-0.4, -0.2) is 48.3 Å². The Kier molecular flexibility index (Phi) is 3.78. The molecule has 0 aromatic carbocycles. The van der Waals surface area contributed by atoms with Gasteiger partial charge in [0.2, 0.25) is 10.0 Å². The quantitative estimate of drug-likeness (QED) is 0.724. The summed E-state index contributed by atoms with van der Waals surface area (Å²) in [5.74, 6) is -0.517. The summed E-state index contributed by atoms with van der Waals surface area (Å²) >= 11 is 0. The van der Waals surface area contributed by atoms with E-state index < -0.39 is 15.8 Å². The van der Waals surface area contributed by atoms with Crippen LogP contribution >= 0.6 is 0 Å². The number of H-pyrrole nitrogens is 1. The summed E-state index contributed by atoms with van der Waals surface area (Å²) in [7, 11) is -3.55. The summed E-state index contributed by atoms with van der Waals surface area (Å²) in [5, 5.41) is 10.6. The zero-order chi connectivity index (χ0) is 17.4. The summed E-state index contributed by atoms with van der Waals surface area (Å²) in [4.78, 5) is 14.0. The van der Waals surface area contributed by atoms with Crippen molar-refractivity contribution in [3.63, 3.8) is 0 Å². The molecule has 2 N–H and O–H groups in total. The first kappa shape index (κ1) is 15.8. The fourth-order valence-corrected chi connectivity index (χ4v) is 4.31. The fourth-order valence-electron chi connectivity index (χ4n) is 3.36. The highest BCUT2D eigenvalue weighted by Gasteiger charge is 2.27. The number of pyridine rings is 2. The van der Waals surface area contributed by atoms with Gasteiger partial charge < -0.3 is 9.88 Å². The van der Waals surface area contributed by atoms with Gasteiger partial charge in [-0.25, -0.2) is 18.1 Å². The summed E-state index contributed by atoms with van der Waals surface area (Å²) in [6.45, 7) is 1.28. The van der Waals surface area contributed by atoms with Gasteiger partial charge in [-0.1, -0.05) is 0 Å². The van der Waals surface area contributed by atoms with Gasteiger partial charge in [-0.2, -0.15) is 5.26 Å². The molecule has 4 rings (SSSR count). The van der Waals surface area contributed by atoms with E-state index in [-0.39, 0.29) is 6.04 Å². The van der Waals surface area contributed by atoms with Crippen LogP contribution in [-0.2, 0) is 10.0 Å². The lowest BCUT2D eigenvalue weighted by Crippen LogP contribution is -2.38. The standard InChI is InChI=1S/C16H16N6O2S/c17-4-8-25(23,24)21-11-3-7-22(10-11)14-2-6-18-13-9-20-16-12(15(13)14)1-5-19-16/h1-2,5-6,9,11,21H,3,7-8,10H2,(H,19,20). The number of hydrogen-bond donors (Lipinski definition) is 2. The number of sulfonamides is 1. The monoisotopic (exact) mass is 356 g/mol. The van der Waals surface area contributed by atoms with Crippen molar-refractivity contribution in [2.75, 3.05) is 23.7 Å². The number of aromatic nitrogens is 3. The Morgan fingerprint density at radius 2 is 2.28 bits per heavy atom. The summed E-state index contributed by atoms with van der Waals surface area (Å²) in [6.07, 6.45) is 6.01. The molecule has 0 amide bonds. The van der Waals surface area contributed by atoms with Gasteiger partial charge >= 0.3 is 0 Å². The third-order valence-electron chi connectivity index (χ3n) is 4.40. The summed E-state index contributed by atoms with van der Waals surface area (Å²) < 4.78 is 26.2. The molecule has 8 nitrogen and oxygen atoms in total. The zero-order valence-corrected chi connectivity index (χ0v) is 14.1. The Morgan fingerprint density at radius 1 is 1.40 bits per heavy atom. The van der Waals surface area contributed by atoms with Gasteiger partial charge in [0.25, 0.3) is 0 Å². The molecule has 9 heteroatoms. The number of nitrogens with one attached hydrogen (secondary N) is 2. The largest absolute Gasteiger partial charge is 0.369 e. The molecule has 0 saturated carbocycles. The average molecular weight is 356 g/mol. The van der Waals surface area contributed by atoms with Crippen molar-refractivity contribution in [3.8, 4) is 6.07 Å². The molecule has 1 saturated heterocycles. The predicted octanol–water partition coefficient (Wildman–Crippen LogP) is 1.13. The Morgan fingerprint density at radius 3 is 3.12 bits per heavy atom. The van der Waals surface area contributed by atoms with Crippen molar-refractivity contribution in [3.05, 3.63) is 30.7 Å². The van der Waals surface area contributed by atoms with E-state index in [9.17, 15) is 8.42 Å². The van der Waals surface area contributed by atoms with Crippen molar-refractivity contribution in [2.24, 2.45) is 0 Å². The van der Waals surface area contributed by atoms with Gasteiger partial charge in [-0.05, 0) is 18.6 Å². The summed E-state index contributed by atoms with van der Waals surface area (Å²) in [6, 6.07) is 5.40. The maximum absolute atomic E-state index is 11.8. The zero-order valence-electron chi connectivity index (χ0n) is 13.3. The summed E-state index contributed by atoms with van der Waals surface area (Å²) in [5.41, 5.74) is 2.62. The molecule has 1 aliphatic rings. The first-order valence-corrected chi connectivity index (χ1v) is 9.55. The lowest BCUT2D eigenvalue weighted by Gasteiger charge is -2.21. The normalized spacial score (nSPS) is 18.0. The molecule has 1 atom stereocenters. The van der Waals surface area contributed by atoms with E-state index in [1.807, 2.05) is 18.3 Å². The third-order valence-corrected chi connectivity index (χ3v) is 5.60. The molecule has 0 aliphatic carbocycles. The molecule has 25 heavy (non-hydrogen) atoms. The van der Waals surface area contributed by atoms with Gasteiger partial charge in [0.15, 0.2) is 5.75 Å². The minimum absolute atomic E-state index is 0.204. The molecule has 3 aromatic rings. The molecule has 0 spiro atoms. The van der Waals surface area contributed by atoms with Crippen LogP contribution in [0.2, 0.25) is 0 Å². The van der Waals surface area contributed by atoms with Crippen molar-refractivity contribution in [2.45, 2.75) is 12.5 Å². The smallest absolute Gasteiger partial charge is 0.225 e. The van der Waals surface area contributed by atoms with E-state index in [4.69, 9.17) is 5.26 Å². The minimum Gasteiger partial charge on any atom is -0.369 e. The third kappa shape index (κ3) is 2.90. The van der Waals surface area contributed by atoms with Crippen molar-refractivity contribution < 1.29 is 8.42 Å². The topological polar surface area (TPSA) is 115 Å². The second-order valence-electron chi connectivity index (χ2n) is 6.06. The fraction of sp³-hybridized carbons (Fsp3) is 0.312.